The number of carbonyl (C=O) groups is 2. The van der Waals surface area contributed by atoms with Gasteiger partial charge in [0.25, 0.3) is 5.91 Å². The predicted molar refractivity (Wildman–Crippen MR) is 107 cm³/mol. The summed E-state index contributed by atoms with van der Waals surface area (Å²) in [5.41, 5.74) is 2.21. The fraction of sp³-hybridized carbons (Fsp3) is 0.227. The molecule has 2 aromatic carbocycles. The summed E-state index contributed by atoms with van der Waals surface area (Å²) in [4.78, 5) is 26.5. The Hall–Kier alpha value is -3.41. The Bertz CT molecular complexity index is 904. The number of para-hydroxylation sites is 1. The lowest BCUT2D eigenvalue weighted by Gasteiger charge is -2.26. The molecule has 0 atom stereocenters. The molecule has 0 saturated heterocycles. The Balaban J connectivity index is 1.59. The number of carbonyl (C=O) groups excluding carboxylic acids is 2. The maximum Gasteiger partial charge on any atom is 0.338 e. The van der Waals surface area contributed by atoms with Crippen molar-refractivity contribution < 1.29 is 14.3 Å². The van der Waals surface area contributed by atoms with Gasteiger partial charge in [-0.05, 0) is 49.7 Å². The van der Waals surface area contributed by atoms with Crippen LogP contribution in [-0.4, -0.2) is 34.3 Å². The van der Waals surface area contributed by atoms with Crippen LogP contribution in [0.15, 0.2) is 73.1 Å². The summed E-state index contributed by atoms with van der Waals surface area (Å²) in [6.45, 7) is 4.16. The molecule has 0 N–H and O–H groups in total. The number of rotatable bonds is 7. The van der Waals surface area contributed by atoms with Gasteiger partial charge in [-0.2, -0.15) is 5.10 Å². The lowest BCUT2D eigenvalue weighted by Crippen LogP contribution is -2.39. The number of hydrogen-bond donors (Lipinski definition) is 0. The Morgan fingerprint density at radius 1 is 1.04 bits per heavy atom. The summed E-state index contributed by atoms with van der Waals surface area (Å²) in [7, 11) is 0. The summed E-state index contributed by atoms with van der Waals surface area (Å²) >= 11 is 0. The summed E-state index contributed by atoms with van der Waals surface area (Å²) in [6, 6.07) is 18.3. The molecule has 0 fully saturated rings. The summed E-state index contributed by atoms with van der Waals surface area (Å²) in [6.07, 6.45) is 3.60. The second-order valence-electron chi connectivity index (χ2n) is 6.67. The summed E-state index contributed by atoms with van der Waals surface area (Å²) in [5.74, 6) is -0.777. The van der Waals surface area contributed by atoms with Crippen LogP contribution >= 0.6 is 0 Å². The van der Waals surface area contributed by atoms with Gasteiger partial charge in [0.2, 0.25) is 0 Å². The third-order valence-electron chi connectivity index (χ3n) is 4.24. The van der Waals surface area contributed by atoms with E-state index >= 15 is 0 Å². The van der Waals surface area contributed by atoms with Crippen molar-refractivity contribution in [2.24, 2.45) is 0 Å². The van der Waals surface area contributed by atoms with Gasteiger partial charge >= 0.3 is 5.97 Å². The van der Waals surface area contributed by atoms with E-state index in [0.29, 0.717) is 12.1 Å². The van der Waals surface area contributed by atoms with E-state index in [2.05, 4.69) is 5.10 Å². The SMILES string of the molecule is CC(C)N(C(=O)COC(=O)c1ccc(Cn2cccn2)cc1)c1ccccc1. The number of amides is 1. The van der Waals surface area contributed by atoms with Crippen molar-refractivity contribution in [3.8, 4) is 0 Å². The van der Waals surface area contributed by atoms with Crippen molar-refractivity contribution in [3.63, 3.8) is 0 Å². The van der Waals surface area contributed by atoms with Gasteiger partial charge in [0, 0.05) is 24.1 Å². The van der Waals surface area contributed by atoms with E-state index in [1.807, 2.05) is 68.6 Å². The fourth-order valence-corrected chi connectivity index (χ4v) is 2.93. The molecular weight excluding hydrogens is 354 g/mol. The second kappa shape index (κ2) is 8.99. The molecule has 1 aromatic heterocycles. The van der Waals surface area contributed by atoms with Crippen molar-refractivity contribution in [2.45, 2.75) is 26.4 Å². The quantitative estimate of drug-likeness (QED) is 0.591. The zero-order valence-electron chi connectivity index (χ0n) is 16.0. The van der Waals surface area contributed by atoms with Gasteiger partial charge in [0.05, 0.1) is 12.1 Å². The largest absolute Gasteiger partial charge is 0.452 e. The maximum absolute atomic E-state index is 12.6. The monoisotopic (exact) mass is 377 g/mol. The number of esters is 1. The number of ether oxygens (including phenoxy) is 1. The Labute approximate surface area is 164 Å². The number of hydrogen-bond acceptors (Lipinski definition) is 4. The van der Waals surface area contributed by atoms with E-state index < -0.39 is 5.97 Å². The first-order valence-electron chi connectivity index (χ1n) is 9.15. The number of benzene rings is 2. The van der Waals surface area contributed by atoms with Crippen LogP contribution in [0.4, 0.5) is 5.69 Å². The average Bonchev–Trinajstić information content (AvgIpc) is 3.20. The van der Waals surface area contributed by atoms with Gasteiger partial charge in [-0.3, -0.25) is 9.48 Å². The normalized spacial score (nSPS) is 10.7. The van der Waals surface area contributed by atoms with Crippen LogP contribution in [0.2, 0.25) is 0 Å². The molecule has 0 aliphatic rings. The molecule has 0 aliphatic heterocycles. The lowest BCUT2D eigenvalue weighted by molar-refractivity contribution is -0.122. The first kappa shape index (κ1) is 19.4. The number of aromatic nitrogens is 2. The molecule has 0 aliphatic carbocycles. The van der Waals surface area contributed by atoms with Crippen molar-refractivity contribution in [2.75, 3.05) is 11.5 Å². The van der Waals surface area contributed by atoms with Crippen LogP contribution in [0.25, 0.3) is 0 Å². The molecule has 1 heterocycles. The smallest absolute Gasteiger partial charge is 0.338 e. The van der Waals surface area contributed by atoms with Crippen LogP contribution in [0, 0.1) is 0 Å². The predicted octanol–water partition coefficient (Wildman–Crippen LogP) is 3.53. The molecule has 0 bridgehead atoms. The standard InChI is InChI=1S/C22H23N3O3/c1-17(2)25(20-7-4-3-5-8-20)21(26)16-28-22(27)19-11-9-18(10-12-19)15-24-14-6-13-23-24/h3-14,17H,15-16H2,1-2H3. The van der Waals surface area contributed by atoms with Crippen molar-refractivity contribution in [1.29, 1.82) is 0 Å². The third-order valence-corrected chi connectivity index (χ3v) is 4.24. The van der Waals surface area contributed by atoms with E-state index in [0.717, 1.165) is 11.3 Å². The van der Waals surface area contributed by atoms with Gasteiger partial charge in [0.1, 0.15) is 0 Å². The zero-order chi connectivity index (χ0) is 19.9. The van der Waals surface area contributed by atoms with E-state index in [-0.39, 0.29) is 18.6 Å². The molecule has 3 rings (SSSR count). The van der Waals surface area contributed by atoms with Crippen LogP contribution in [0.3, 0.4) is 0 Å². The first-order chi connectivity index (χ1) is 13.5. The number of nitrogens with zero attached hydrogens (tertiary/aromatic N) is 3. The van der Waals surface area contributed by atoms with Gasteiger partial charge < -0.3 is 9.64 Å². The van der Waals surface area contributed by atoms with Crippen molar-refractivity contribution in [1.82, 2.24) is 9.78 Å². The van der Waals surface area contributed by atoms with E-state index in [1.165, 1.54) is 0 Å². The Kier molecular flexibility index (Phi) is 6.22. The van der Waals surface area contributed by atoms with Gasteiger partial charge in [-0.15, -0.1) is 0 Å². The summed E-state index contributed by atoms with van der Waals surface area (Å²) < 4.78 is 7.04. The second-order valence-corrected chi connectivity index (χ2v) is 6.67. The van der Waals surface area contributed by atoms with Crippen molar-refractivity contribution in [3.05, 3.63) is 84.2 Å². The molecule has 144 valence electrons. The highest BCUT2D eigenvalue weighted by atomic mass is 16.5. The van der Waals surface area contributed by atoms with Gasteiger partial charge in [-0.1, -0.05) is 30.3 Å². The molecule has 1 amide bonds. The highest BCUT2D eigenvalue weighted by Crippen LogP contribution is 2.17. The number of anilines is 1. The average molecular weight is 377 g/mol. The molecular formula is C22H23N3O3. The fourth-order valence-electron chi connectivity index (χ4n) is 2.93. The van der Waals surface area contributed by atoms with Crippen LogP contribution in [0.1, 0.15) is 29.8 Å². The van der Waals surface area contributed by atoms with Crippen LogP contribution in [-0.2, 0) is 16.1 Å². The minimum absolute atomic E-state index is 0.0461. The molecule has 0 unspecified atom stereocenters. The molecule has 28 heavy (non-hydrogen) atoms. The minimum Gasteiger partial charge on any atom is -0.452 e. The molecule has 6 nitrogen and oxygen atoms in total. The topological polar surface area (TPSA) is 64.4 Å². The van der Waals surface area contributed by atoms with Crippen molar-refractivity contribution >= 4 is 17.6 Å². The highest BCUT2D eigenvalue weighted by Gasteiger charge is 2.20. The molecule has 6 heteroatoms. The first-order valence-corrected chi connectivity index (χ1v) is 9.15. The van der Waals surface area contributed by atoms with E-state index in [4.69, 9.17) is 4.74 Å². The van der Waals surface area contributed by atoms with Gasteiger partial charge in [-0.25, -0.2) is 4.79 Å². The molecule has 0 radical (unpaired) electrons. The maximum atomic E-state index is 12.6. The summed E-state index contributed by atoms with van der Waals surface area (Å²) in [5, 5.41) is 4.16. The minimum atomic E-state index is -0.518. The van der Waals surface area contributed by atoms with E-state index in [9.17, 15) is 9.59 Å². The van der Waals surface area contributed by atoms with Crippen LogP contribution < -0.4 is 4.90 Å². The molecule has 0 saturated carbocycles. The van der Waals surface area contributed by atoms with E-state index in [1.54, 1.807) is 27.9 Å². The Morgan fingerprint density at radius 2 is 1.75 bits per heavy atom. The molecule has 3 aromatic rings. The third kappa shape index (κ3) is 4.85. The zero-order valence-corrected chi connectivity index (χ0v) is 16.0. The van der Waals surface area contributed by atoms with Gasteiger partial charge in [0.15, 0.2) is 6.61 Å². The lowest BCUT2D eigenvalue weighted by atomic mass is 10.1. The van der Waals surface area contributed by atoms with Crippen LogP contribution in [0.5, 0.6) is 0 Å². The molecule has 0 spiro atoms. The Morgan fingerprint density at radius 3 is 2.36 bits per heavy atom. The highest BCUT2D eigenvalue weighted by molar-refractivity contribution is 5.97.